The van der Waals surface area contributed by atoms with Crippen LogP contribution in [-0.2, 0) is 9.47 Å². The summed E-state index contributed by atoms with van der Waals surface area (Å²) in [7, 11) is 1.74. The van der Waals surface area contributed by atoms with Crippen LogP contribution >= 0.6 is 23.2 Å². The Hall–Kier alpha value is -1.64. The van der Waals surface area contributed by atoms with E-state index in [1.807, 2.05) is 18.2 Å². The van der Waals surface area contributed by atoms with Crippen molar-refractivity contribution >= 4 is 34.8 Å². The van der Waals surface area contributed by atoms with E-state index in [0.717, 1.165) is 75.5 Å². The molecule has 192 valence electrons. The van der Waals surface area contributed by atoms with Gasteiger partial charge in [0.2, 0.25) is 0 Å². The van der Waals surface area contributed by atoms with Crippen molar-refractivity contribution in [1.29, 1.82) is 0 Å². The molecule has 35 heavy (non-hydrogen) atoms. The zero-order valence-corrected chi connectivity index (χ0v) is 22.2. The molecule has 7 nitrogen and oxygen atoms in total. The average Bonchev–Trinajstić information content (AvgIpc) is 2.87. The van der Waals surface area contributed by atoms with Crippen LogP contribution < -0.4 is 16.0 Å². The van der Waals surface area contributed by atoms with E-state index in [4.69, 9.17) is 37.7 Å². The normalized spacial score (nSPS) is 23.6. The number of pyridine rings is 2. The third-order valence-corrected chi connectivity index (χ3v) is 7.36. The van der Waals surface area contributed by atoms with Gasteiger partial charge < -0.3 is 25.4 Å². The van der Waals surface area contributed by atoms with Crippen LogP contribution in [0, 0.1) is 0 Å². The lowest BCUT2D eigenvalue weighted by Crippen LogP contribution is -2.42. The van der Waals surface area contributed by atoms with Crippen LogP contribution in [0.3, 0.4) is 0 Å². The molecule has 9 heteroatoms. The number of aromatic nitrogens is 2. The first-order chi connectivity index (χ1) is 17.0. The first-order valence-corrected chi connectivity index (χ1v) is 13.5. The highest BCUT2D eigenvalue weighted by atomic mass is 35.5. The van der Waals surface area contributed by atoms with Crippen molar-refractivity contribution in [3.8, 4) is 11.3 Å². The quantitative estimate of drug-likeness (QED) is 0.365. The number of rotatable bonds is 10. The van der Waals surface area contributed by atoms with E-state index in [1.54, 1.807) is 13.3 Å². The standard InChI is InChI=1S/C26H37Cl2N5O2/c1-17(16-34-2)31-18-6-8-19(9-7-18)32-25-13-21(23(28)15-30-25)26-22(27)10-11-24(33-26)29-14-20-5-3-4-12-35-20/h10-11,13,15,17-20,31H,3-9,12,14,16H2,1-2H3,(H,29,33)(H,30,32)/t17-,18?,19?,20+/m1/s1. The minimum absolute atomic E-state index is 0.221. The third kappa shape index (κ3) is 7.67. The van der Waals surface area contributed by atoms with E-state index in [0.29, 0.717) is 33.9 Å². The van der Waals surface area contributed by atoms with Gasteiger partial charge in [-0.2, -0.15) is 0 Å². The van der Waals surface area contributed by atoms with Gasteiger partial charge in [-0.15, -0.1) is 0 Å². The second-order valence-electron chi connectivity index (χ2n) is 9.66. The molecule has 1 saturated heterocycles. The minimum atomic E-state index is 0.221. The van der Waals surface area contributed by atoms with Gasteiger partial charge in [-0.1, -0.05) is 23.2 Å². The maximum Gasteiger partial charge on any atom is 0.126 e. The Morgan fingerprint density at radius 2 is 1.86 bits per heavy atom. The summed E-state index contributed by atoms with van der Waals surface area (Å²) in [5.41, 5.74) is 1.42. The molecule has 1 aliphatic carbocycles. The van der Waals surface area contributed by atoms with Gasteiger partial charge in [0, 0.05) is 50.1 Å². The third-order valence-electron chi connectivity index (χ3n) is 6.76. The van der Waals surface area contributed by atoms with Crippen molar-refractivity contribution in [2.45, 2.75) is 76.1 Å². The van der Waals surface area contributed by atoms with Crippen LogP contribution in [0.5, 0.6) is 0 Å². The van der Waals surface area contributed by atoms with Crippen molar-refractivity contribution in [1.82, 2.24) is 15.3 Å². The summed E-state index contributed by atoms with van der Waals surface area (Å²) in [6.07, 6.45) is 9.73. The summed E-state index contributed by atoms with van der Waals surface area (Å²) in [6, 6.07) is 6.98. The minimum Gasteiger partial charge on any atom is -0.383 e. The lowest BCUT2D eigenvalue weighted by molar-refractivity contribution is 0.0247. The second-order valence-corrected chi connectivity index (χ2v) is 10.5. The molecule has 0 amide bonds. The van der Waals surface area contributed by atoms with Crippen molar-refractivity contribution < 1.29 is 9.47 Å². The molecule has 2 aliphatic rings. The fourth-order valence-electron chi connectivity index (χ4n) is 4.93. The molecule has 0 unspecified atom stereocenters. The van der Waals surface area contributed by atoms with Gasteiger partial charge in [0.05, 0.1) is 28.5 Å². The molecule has 3 N–H and O–H groups in total. The van der Waals surface area contributed by atoms with Gasteiger partial charge in [-0.05, 0) is 70.1 Å². The topological polar surface area (TPSA) is 80.3 Å². The number of methoxy groups -OCH3 is 1. The number of hydrogen-bond acceptors (Lipinski definition) is 7. The van der Waals surface area contributed by atoms with Crippen LogP contribution in [0.15, 0.2) is 24.4 Å². The smallest absolute Gasteiger partial charge is 0.126 e. The molecule has 1 saturated carbocycles. The average molecular weight is 523 g/mol. The highest BCUT2D eigenvalue weighted by molar-refractivity contribution is 6.36. The summed E-state index contributed by atoms with van der Waals surface area (Å²) in [5, 5.41) is 11.7. The maximum absolute atomic E-state index is 6.55. The molecular formula is C26H37Cl2N5O2. The Bertz CT molecular complexity index is 949. The molecule has 0 aromatic carbocycles. The van der Waals surface area contributed by atoms with Crippen LogP contribution in [0.25, 0.3) is 11.3 Å². The summed E-state index contributed by atoms with van der Waals surface area (Å²) in [6.45, 7) is 4.46. The van der Waals surface area contributed by atoms with Crippen LogP contribution in [0.2, 0.25) is 10.0 Å². The second kappa shape index (κ2) is 13.1. The number of halogens is 2. The largest absolute Gasteiger partial charge is 0.383 e. The number of ether oxygens (including phenoxy) is 2. The summed E-state index contributed by atoms with van der Waals surface area (Å²) in [4.78, 5) is 9.29. The maximum atomic E-state index is 6.55. The molecule has 3 heterocycles. The van der Waals surface area contributed by atoms with Gasteiger partial charge in [0.25, 0.3) is 0 Å². The summed E-state index contributed by atoms with van der Waals surface area (Å²) < 4.78 is 11.1. The van der Waals surface area contributed by atoms with Crippen LogP contribution in [-0.4, -0.2) is 61.1 Å². The molecule has 2 aromatic rings. The SMILES string of the molecule is COC[C@@H](C)NC1CCC(Nc2cc(-c3nc(NC[C@@H]4CCCCO4)ccc3Cl)c(Cl)cn2)CC1. The van der Waals surface area contributed by atoms with Gasteiger partial charge in [-0.3, -0.25) is 0 Å². The fraction of sp³-hybridized carbons (Fsp3) is 0.615. The molecule has 0 radical (unpaired) electrons. The van der Waals surface area contributed by atoms with E-state index in [9.17, 15) is 0 Å². The number of nitrogens with one attached hydrogen (secondary N) is 3. The first-order valence-electron chi connectivity index (χ1n) is 12.7. The monoisotopic (exact) mass is 521 g/mol. The predicted octanol–water partition coefficient (Wildman–Crippen LogP) is 5.78. The van der Waals surface area contributed by atoms with Crippen molar-refractivity contribution in [3.05, 3.63) is 34.4 Å². The molecule has 2 fully saturated rings. The predicted molar refractivity (Wildman–Crippen MR) is 144 cm³/mol. The number of hydrogen-bond donors (Lipinski definition) is 3. The Balaban J connectivity index is 1.38. The van der Waals surface area contributed by atoms with E-state index in [2.05, 4.69) is 27.9 Å². The molecule has 2 atom stereocenters. The lowest BCUT2D eigenvalue weighted by Gasteiger charge is -2.32. The first kappa shape index (κ1) is 26.4. The van der Waals surface area contributed by atoms with E-state index >= 15 is 0 Å². The van der Waals surface area contributed by atoms with Gasteiger partial charge in [0.1, 0.15) is 11.6 Å². The molecule has 1 aliphatic heterocycles. The van der Waals surface area contributed by atoms with Crippen molar-refractivity contribution in [2.75, 3.05) is 37.5 Å². The van der Waals surface area contributed by atoms with E-state index < -0.39 is 0 Å². The molecule has 4 rings (SSSR count). The Morgan fingerprint density at radius 1 is 1.06 bits per heavy atom. The Morgan fingerprint density at radius 3 is 2.60 bits per heavy atom. The zero-order chi connectivity index (χ0) is 24.6. The lowest BCUT2D eigenvalue weighted by atomic mass is 9.90. The van der Waals surface area contributed by atoms with Crippen LogP contribution in [0.1, 0.15) is 51.9 Å². The van der Waals surface area contributed by atoms with Gasteiger partial charge >= 0.3 is 0 Å². The number of nitrogens with zero attached hydrogens (tertiary/aromatic N) is 2. The molecular weight excluding hydrogens is 485 g/mol. The highest BCUT2D eigenvalue weighted by Gasteiger charge is 2.23. The van der Waals surface area contributed by atoms with E-state index in [1.165, 1.54) is 6.42 Å². The van der Waals surface area contributed by atoms with Crippen LogP contribution in [0.4, 0.5) is 11.6 Å². The molecule has 2 aromatic heterocycles. The Labute approximate surface area is 218 Å². The molecule has 0 bridgehead atoms. The molecule has 0 spiro atoms. The van der Waals surface area contributed by atoms with Crippen molar-refractivity contribution in [3.63, 3.8) is 0 Å². The van der Waals surface area contributed by atoms with Gasteiger partial charge in [0.15, 0.2) is 0 Å². The summed E-state index contributed by atoms with van der Waals surface area (Å²) >= 11 is 13.1. The van der Waals surface area contributed by atoms with Gasteiger partial charge in [-0.25, -0.2) is 9.97 Å². The highest BCUT2D eigenvalue weighted by Crippen LogP contribution is 2.34. The fourth-order valence-corrected chi connectivity index (χ4v) is 5.33. The number of anilines is 2. The van der Waals surface area contributed by atoms with E-state index in [-0.39, 0.29) is 6.10 Å². The Kier molecular flexibility index (Phi) is 9.86. The zero-order valence-electron chi connectivity index (χ0n) is 20.7. The summed E-state index contributed by atoms with van der Waals surface area (Å²) in [5.74, 6) is 1.55. The van der Waals surface area contributed by atoms with Crippen molar-refractivity contribution in [2.24, 2.45) is 0 Å².